The molecule has 130 valence electrons. The average Bonchev–Trinajstić information content (AvgIpc) is 2.92. The van der Waals surface area contributed by atoms with Crippen LogP contribution in [0.3, 0.4) is 0 Å². The lowest BCUT2D eigenvalue weighted by Crippen LogP contribution is -2.44. The predicted octanol–water partition coefficient (Wildman–Crippen LogP) is 5.99. The Balaban J connectivity index is 1.84. The molecule has 0 saturated carbocycles. The molecule has 25 heavy (non-hydrogen) atoms. The summed E-state index contributed by atoms with van der Waals surface area (Å²) < 4.78 is 1.37. The molecule has 1 aliphatic rings. The first-order chi connectivity index (χ1) is 11.8. The van der Waals surface area contributed by atoms with Gasteiger partial charge in [0.1, 0.15) is 6.17 Å². The highest BCUT2D eigenvalue weighted by atomic mass is 32.1. The first kappa shape index (κ1) is 16.6. The fraction of sp³-hybridized carbons (Fsp3) is 0.364. The van der Waals surface area contributed by atoms with Crippen LogP contribution in [-0.4, -0.2) is 18.0 Å². The van der Waals surface area contributed by atoms with Gasteiger partial charge in [0, 0.05) is 34.9 Å². The molecule has 0 saturated heterocycles. The van der Waals surface area contributed by atoms with Crippen LogP contribution in [0.1, 0.15) is 44.3 Å². The summed E-state index contributed by atoms with van der Waals surface area (Å²) in [5, 5.41) is 7.86. The number of nitrogens with one attached hydrogen (secondary N) is 1. The van der Waals surface area contributed by atoms with E-state index < -0.39 is 0 Å². The standard InChI is InChI=1S/C22H26N2S/c1-14(22(2,3)4)23-21-20-17(10-11-24(21)5)18-12-15-8-6-7-9-16(15)13-19(18)25-20/h6-14,21,23H,1-5H3/t14-,21?/m1/s1. The SMILES string of the molecule is C[C@@H](NC1c2sc3cc4ccccc4cc3c2C=CN1C)C(C)(C)C. The molecule has 0 aliphatic carbocycles. The molecule has 0 spiro atoms. The average molecular weight is 351 g/mol. The first-order valence-electron chi connectivity index (χ1n) is 8.96. The second-order valence-corrected chi connectivity index (χ2v) is 9.30. The molecule has 1 unspecified atom stereocenters. The lowest BCUT2D eigenvalue weighted by atomic mass is 9.87. The van der Waals surface area contributed by atoms with Crippen molar-refractivity contribution in [2.75, 3.05) is 7.05 Å². The van der Waals surface area contributed by atoms with Gasteiger partial charge in [-0.25, -0.2) is 0 Å². The van der Waals surface area contributed by atoms with Crippen molar-refractivity contribution in [3.63, 3.8) is 0 Å². The minimum atomic E-state index is 0.230. The van der Waals surface area contributed by atoms with Gasteiger partial charge in [-0.3, -0.25) is 5.32 Å². The molecule has 2 aromatic carbocycles. The minimum absolute atomic E-state index is 0.230. The molecule has 3 aromatic rings. The van der Waals surface area contributed by atoms with E-state index in [4.69, 9.17) is 0 Å². The van der Waals surface area contributed by atoms with E-state index >= 15 is 0 Å². The molecule has 0 radical (unpaired) electrons. The van der Waals surface area contributed by atoms with Crippen LogP contribution in [0, 0.1) is 5.41 Å². The van der Waals surface area contributed by atoms with Gasteiger partial charge in [0.25, 0.3) is 0 Å². The summed E-state index contributed by atoms with van der Waals surface area (Å²) in [5.74, 6) is 0. The number of hydrogen-bond donors (Lipinski definition) is 1. The fourth-order valence-corrected chi connectivity index (χ4v) is 4.67. The maximum atomic E-state index is 3.85. The summed E-state index contributed by atoms with van der Waals surface area (Å²) in [6.45, 7) is 9.17. The van der Waals surface area contributed by atoms with Crippen LogP contribution >= 0.6 is 11.3 Å². The third-order valence-corrected chi connectivity index (χ3v) is 6.68. The number of rotatable bonds is 2. The Kier molecular flexibility index (Phi) is 3.89. The Morgan fingerprint density at radius 1 is 1.12 bits per heavy atom. The van der Waals surface area contributed by atoms with Gasteiger partial charge in [-0.05, 0) is 41.3 Å². The Morgan fingerprint density at radius 2 is 1.80 bits per heavy atom. The Hall–Kier alpha value is -1.84. The van der Waals surface area contributed by atoms with Crippen LogP contribution in [-0.2, 0) is 0 Å². The molecule has 0 amide bonds. The second-order valence-electron chi connectivity index (χ2n) is 8.21. The van der Waals surface area contributed by atoms with Gasteiger partial charge in [-0.2, -0.15) is 0 Å². The fourth-order valence-electron chi connectivity index (χ4n) is 3.34. The normalized spacial score (nSPS) is 18.8. The van der Waals surface area contributed by atoms with E-state index in [1.807, 2.05) is 11.3 Å². The van der Waals surface area contributed by atoms with Crippen LogP contribution in [0.15, 0.2) is 42.6 Å². The number of fused-ring (bicyclic) bond motifs is 4. The Morgan fingerprint density at radius 3 is 2.48 bits per heavy atom. The van der Waals surface area contributed by atoms with Gasteiger partial charge in [-0.1, -0.05) is 45.0 Å². The van der Waals surface area contributed by atoms with Crippen LogP contribution in [0.2, 0.25) is 0 Å². The smallest absolute Gasteiger partial charge is 0.115 e. The topological polar surface area (TPSA) is 15.3 Å². The summed E-state index contributed by atoms with van der Waals surface area (Å²) in [6, 6.07) is 13.7. The third-order valence-electron chi connectivity index (χ3n) is 5.46. The minimum Gasteiger partial charge on any atom is -0.361 e. The van der Waals surface area contributed by atoms with E-state index in [9.17, 15) is 0 Å². The third kappa shape index (κ3) is 2.86. The zero-order valence-corrected chi connectivity index (χ0v) is 16.4. The molecule has 1 aliphatic heterocycles. The molecule has 2 atom stereocenters. The lowest BCUT2D eigenvalue weighted by Gasteiger charge is -2.37. The van der Waals surface area contributed by atoms with Gasteiger partial charge >= 0.3 is 0 Å². The predicted molar refractivity (Wildman–Crippen MR) is 111 cm³/mol. The van der Waals surface area contributed by atoms with Gasteiger partial charge in [0.15, 0.2) is 0 Å². The highest BCUT2D eigenvalue weighted by Gasteiger charge is 2.29. The van der Waals surface area contributed by atoms with Crippen molar-refractivity contribution in [3.05, 3.63) is 53.0 Å². The number of benzene rings is 2. The van der Waals surface area contributed by atoms with Crippen molar-refractivity contribution < 1.29 is 0 Å². The van der Waals surface area contributed by atoms with Gasteiger partial charge in [0.2, 0.25) is 0 Å². The first-order valence-corrected chi connectivity index (χ1v) is 9.77. The Labute approximate surface area is 154 Å². The maximum Gasteiger partial charge on any atom is 0.115 e. The number of hydrogen-bond acceptors (Lipinski definition) is 3. The van der Waals surface area contributed by atoms with E-state index in [-0.39, 0.29) is 11.6 Å². The lowest BCUT2D eigenvalue weighted by molar-refractivity contribution is 0.194. The van der Waals surface area contributed by atoms with E-state index in [2.05, 4.69) is 93.6 Å². The molecule has 0 bridgehead atoms. The van der Waals surface area contributed by atoms with Crippen LogP contribution < -0.4 is 5.32 Å². The van der Waals surface area contributed by atoms with Crippen LogP contribution in [0.4, 0.5) is 0 Å². The highest BCUT2D eigenvalue weighted by Crippen LogP contribution is 2.42. The quantitative estimate of drug-likeness (QED) is 0.610. The van der Waals surface area contributed by atoms with Crippen molar-refractivity contribution in [1.82, 2.24) is 10.2 Å². The molecular formula is C22H26N2S. The maximum absolute atomic E-state index is 3.85. The molecule has 4 rings (SSSR count). The van der Waals surface area contributed by atoms with E-state index in [0.29, 0.717) is 6.04 Å². The zero-order chi connectivity index (χ0) is 17.8. The molecule has 3 heteroatoms. The molecule has 0 fully saturated rings. The molecular weight excluding hydrogens is 324 g/mol. The highest BCUT2D eigenvalue weighted by molar-refractivity contribution is 7.19. The van der Waals surface area contributed by atoms with Crippen molar-refractivity contribution in [1.29, 1.82) is 0 Å². The van der Waals surface area contributed by atoms with E-state index in [1.54, 1.807) is 0 Å². The summed E-state index contributed by atoms with van der Waals surface area (Å²) in [7, 11) is 2.16. The van der Waals surface area contributed by atoms with Crippen molar-refractivity contribution in [2.24, 2.45) is 5.41 Å². The van der Waals surface area contributed by atoms with Crippen molar-refractivity contribution >= 4 is 38.3 Å². The summed E-state index contributed by atoms with van der Waals surface area (Å²) in [4.78, 5) is 3.71. The van der Waals surface area contributed by atoms with Gasteiger partial charge < -0.3 is 4.90 Å². The Bertz CT molecular complexity index is 961. The summed E-state index contributed by atoms with van der Waals surface area (Å²) >= 11 is 1.92. The van der Waals surface area contributed by atoms with Gasteiger partial charge in [0.05, 0.1) is 4.88 Å². The molecule has 1 N–H and O–H groups in total. The zero-order valence-electron chi connectivity index (χ0n) is 15.6. The van der Waals surface area contributed by atoms with Crippen LogP contribution in [0.25, 0.3) is 26.9 Å². The monoisotopic (exact) mass is 350 g/mol. The van der Waals surface area contributed by atoms with Gasteiger partial charge in [-0.15, -0.1) is 11.3 Å². The van der Waals surface area contributed by atoms with E-state index in [1.165, 1.54) is 31.3 Å². The molecule has 2 nitrogen and oxygen atoms in total. The number of thiophene rings is 1. The number of nitrogens with zero attached hydrogens (tertiary/aromatic N) is 1. The second kappa shape index (κ2) is 5.86. The van der Waals surface area contributed by atoms with Crippen LogP contribution in [0.5, 0.6) is 0 Å². The molecule has 1 aromatic heterocycles. The van der Waals surface area contributed by atoms with Crippen molar-refractivity contribution in [3.8, 4) is 0 Å². The molecule has 2 heterocycles. The van der Waals surface area contributed by atoms with E-state index in [0.717, 1.165) is 0 Å². The van der Waals surface area contributed by atoms with Crippen molar-refractivity contribution in [2.45, 2.75) is 39.9 Å². The summed E-state index contributed by atoms with van der Waals surface area (Å²) in [6.07, 6.45) is 4.70. The summed E-state index contributed by atoms with van der Waals surface area (Å²) in [5.41, 5.74) is 1.61. The largest absolute Gasteiger partial charge is 0.361 e.